The smallest absolute Gasteiger partial charge is 0.407 e. The Morgan fingerprint density at radius 2 is 1.50 bits per heavy atom. The third-order valence-electron chi connectivity index (χ3n) is 16.0. The average Bonchev–Trinajstić information content (AvgIpc) is 3.33. The SMILES string of the molecule is C=C(C)[C@@H]1CC[C@]2(CCNC(=O)OC(C)(C)C)CC[C@]3(C)C(CCC4[C@@]5(C)CC[C@H](OC(=O)CC(C)(C)CC(=O)O)C(C)(C)C5CC[C@]43C)C12. The predicted molar refractivity (Wildman–Crippen MR) is 198 cm³/mol. The highest BCUT2D eigenvalue weighted by molar-refractivity contribution is 5.73. The van der Waals surface area contributed by atoms with Gasteiger partial charge in [0, 0.05) is 12.0 Å². The highest BCUT2D eigenvalue weighted by Gasteiger charge is 2.71. The number of fused-ring (bicyclic) bond motifs is 7. The van der Waals surface area contributed by atoms with Crippen LogP contribution in [0.2, 0.25) is 0 Å². The summed E-state index contributed by atoms with van der Waals surface area (Å²) in [4.78, 5) is 37.2. The van der Waals surface area contributed by atoms with Gasteiger partial charge in [0.05, 0.1) is 12.8 Å². The van der Waals surface area contributed by atoms with E-state index in [1.807, 2.05) is 34.6 Å². The second-order valence-corrected chi connectivity index (χ2v) is 21.0. The zero-order chi connectivity index (χ0) is 37.3. The number of allylic oxidation sites excluding steroid dienone is 1. The van der Waals surface area contributed by atoms with Crippen molar-refractivity contribution in [2.45, 2.75) is 171 Å². The van der Waals surface area contributed by atoms with Crippen LogP contribution >= 0.6 is 0 Å². The van der Waals surface area contributed by atoms with E-state index in [4.69, 9.17) is 9.47 Å². The highest BCUT2D eigenvalue weighted by Crippen LogP contribution is 2.78. The lowest BCUT2D eigenvalue weighted by atomic mass is 9.32. The maximum absolute atomic E-state index is 13.2. The van der Waals surface area contributed by atoms with Crippen LogP contribution in [0.25, 0.3) is 0 Å². The van der Waals surface area contributed by atoms with Crippen molar-refractivity contribution in [2.24, 2.45) is 62.1 Å². The molecule has 0 aromatic carbocycles. The van der Waals surface area contributed by atoms with Gasteiger partial charge in [-0.05, 0) is 155 Å². The minimum atomic E-state index is -0.882. The lowest BCUT2D eigenvalue weighted by Crippen LogP contribution is -2.66. The fourth-order valence-corrected chi connectivity index (χ4v) is 13.7. The van der Waals surface area contributed by atoms with Gasteiger partial charge in [-0.25, -0.2) is 4.79 Å². The number of esters is 1. The minimum absolute atomic E-state index is 0.0467. The van der Waals surface area contributed by atoms with Crippen molar-refractivity contribution in [1.82, 2.24) is 5.32 Å². The maximum Gasteiger partial charge on any atom is 0.407 e. The molecule has 7 heteroatoms. The molecule has 284 valence electrons. The number of nitrogens with one attached hydrogen (secondary N) is 1. The molecular weight excluding hydrogens is 626 g/mol. The first-order chi connectivity index (χ1) is 22.9. The van der Waals surface area contributed by atoms with E-state index < -0.39 is 17.0 Å². The maximum atomic E-state index is 13.2. The van der Waals surface area contributed by atoms with Crippen LogP contribution in [0.5, 0.6) is 0 Å². The molecule has 1 amide bonds. The second kappa shape index (κ2) is 13.1. The van der Waals surface area contributed by atoms with Crippen LogP contribution in [-0.4, -0.2) is 41.4 Å². The zero-order valence-electron chi connectivity index (χ0n) is 33.6. The molecule has 5 rings (SSSR count). The molecule has 0 saturated heterocycles. The van der Waals surface area contributed by atoms with E-state index >= 15 is 0 Å². The second-order valence-electron chi connectivity index (χ2n) is 21.0. The van der Waals surface area contributed by atoms with E-state index in [-0.39, 0.29) is 58.1 Å². The Kier molecular flexibility index (Phi) is 10.3. The van der Waals surface area contributed by atoms with E-state index in [1.165, 1.54) is 50.5 Å². The molecule has 0 bridgehead atoms. The van der Waals surface area contributed by atoms with Gasteiger partial charge in [-0.1, -0.05) is 60.6 Å². The summed E-state index contributed by atoms with van der Waals surface area (Å²) in [5.74, 6) is 1.71. The molecule has 0 spiro atoms. The van der Waals surface area contributed by atoms with Crippen LogP contribution < -0.4 is 5.32 Å². The molecule has 5 aliphatic rings. The van der Waals surface area contributed by atoms with Crippen molar-refractivity contribution < 1.29 is 29.0 Å². The van der Waals surface area contributed by atoms with Gasteiger partial charge in [0.25, 0.3) is 0 Å². The first-order valence-electron chi connectivity index (χ1n) is 19.9. The van der Waals surface area contributed by atoms with Gasteiger partial charge < -0.3 is 19.9 Å². The first kappa shape index (κ1) is 39.2. The van der Waals surface area contributed by atoms with Gasteiger partial charge >= 0.3 is 18.0 Å². The Balaban J connectivity index is 1.35. The molecular formula is C43H71NO6. The topological polar surface area (TPSA) is 102 Å². The van der Waals surface area contributed by atoms with Crippen LogP contribution in [0.4, 0.5) is 4.79 Å². The number of hydrogen-bond donors (Lipinski definition) is 2. The standard InChI is InChI=1S/C43H71NO6/c1-27(2)28-15-20-43(23-24-44-36(48)50-37(3,4)5)22-21-41(11)29(35(28)43)13-14-31-40(10)18-17-32(39(8,9)30(40)16-19-42(31,41)12)49-34(47)26-38(6,7)25-33(45)46/h28-32,35H,1,13-26H2,2-12H3,(H,44,48)(H,45,46)/t28-,29?,30?,31?,32-,35?,40-,41+,42+,43+/m0/s1. The molecule has 5 aliphatic carbocycles. The molecule has 0 aromatic heterocycles. The summed E-state index contributed by atoms with van der Waals surface area (Å²) in [7, 11) is 0. The molecule has 5 fully saturated rings. The summed E-state index contributed by atoms with van der Waals surface area (Å²) >= 11 is 0. The molecule has 5 saturated carbocycles. The van der Waals surface area contributed by atoms with Crippen molar-refractivity contribution >= 4 is 18.0 Å². The summed E-state index contributed by atoms with van der Waals surface area (Å²) in [5.41, 5.74) is 0.914. The van der Waals surface area contributed by atoms with Gasteiger partial charge in [-0.2, -0.15) is 0 Å². The van der Waals surface area contributed by atoms with Crippen LogP contribution in [-0.2, 0) is 19.1 Å². The molecule has 0 aliphatic heterocycles. The Morgan fingerprint density at radius 3 is 2.12 bits per heavy atom. The van der Waals surface area contributed by atoms with Crippen molar-refractivity contribution in [2.75, 3.05) is 6.54 Å². The number of amides is 1. The summed E-state index contributed by atoms with van der Waals surface area (Å²) in [5, 5.41) is 12.4. The number of carbonyl (C=O) groups excluding carboxylic acids is 2. The van der Waals surface area contributed by atoms with E-state index in [2.05, 4.69) is 53.4 Å². The molecule has 7 nitrogen and oxygen atoms in total. The first-order valence-corrected chi connectivity index (χ1v) is 19.9. The van der Waals surface area contributed by atoms with Crippen molar-refractivity contribution in [3.63, 3.8) is 0 Å². The van der Waals surface area contributed by atoms with E-state index in [0.717, 1.165) is 25.7 Å². The highest BCUT2D eigenvalue weighted by atomic mass is 16.6. The quantitative estimate of drug-likeness (QED) is 0.184. The lowest BCUT2D eigenvalue weighted by Gasteiger charge is -2.73. The molecule has 10 atom stereocenters. The van der Waals surface area contributed by atoms with Gasteiger partial charge in [0.2, 0.25) is 0 Å². The number of hydrogen-bond acceptors (Lipinski definition) is 5. The van der Waals surface area contributed by atoms with E-state index in [1.54, 1.807) is 0 Å². The molecule has 0 radical (unpaired) electrons. The monoisotopic (exact) mass is 698 g/mol. The van der Waals surface area contributed by atoms with Gasteiger partial charge in [-0.3, -0.25) is 9.59 Å². The summed E-state index contributed by atoms with van der Waals surface area (Å²) < 4.78 is 11.9. The van der Waals surface area contributed by atoms with Crippen LogP contribution in [0.3, 0.4) is 0 Å². The predicted octanol–water partition coefficient (Wildman–Crippen LogP) is 10.4. The third-order valence-corrected chi connectivity index (χ3v) is 16.0. The van der Waals surface area contributed by atoms with Crippen LogP contribution in [0.1, 0.15) is 160 Å². The number of aliphatic carboxylic acids is 1. The third kappa shape index (κ3) is 6.79. The van der Waals surface area contributed by atoms with Gasteiger partial charge in [-0.15, -0.1) is 0 Å². The number of ether oxygens (including phenoxy) is 2. The number of carboxylic acids is 1. The number of carbonyl (C=O) groups is 3. The van der Waals surface area contributed by atoms with E-state index in [9.17, 15) is 19.5 Å². The molecule has 0 heterocycles. The molecule has 0 aromatic rings. The number of rotatable bonds is 9. The molecule has 4 unspecified atom stereocenters. The fraction of sp³-hybridized carbons (Fsp3) is 0.884. The Labute approximate surface area is 303 Å². The molecule has 2 N–H and O–H groups in total. The Morgan fingerprint density at radius 1 is 0.820 bits per heavy atom. The zero-order valence-corrected chi connectivity index (χ0v) is 33.6. The summed E-state index contributed by atoms with van der Waals surface area (Å²) in [6.45, 7) is 29.5. The Hall–Kier alpha value is -2.05. The van der Waals surface area contributed by atoms with Crippen LogP contribution in [0.15, 0.2) is 12.2 Å². The fourth-order valence-electron chi connectivity index (χ4n) is 13.7. The lowest BCUT2D eigenvalue weighted by molar-refractivity contribution is -0.250. The molecule has 50 heavy (non-hydrogen) atoms. The van der Waals surface area contributed by atoms with Crippen molar-refractivity contribution in [3.05, 3.63) is 12.2 Å². The van der Waals surface area contributed by atoms with Gasteiger partial charge in [0.15, 0.2) is 0 Å². The van der Waals surface area contributed by atoms with Crippen molar-refractivity contribution in [1.29, 1.82) is 0 Å². The van der Waals surface area contributed by atoms with Crippen LogP contribution in [0, 0.1) is 62.1 Å². The van der Waals surface area contributed by atoms with Gasteiger partial charge in [0.1, 0.15) is 11.7 Å². The normalized spacial score (nSPS) is 40.7. The average molecular weight is 698 g/mol. The summed E-state index contributed by atoms with van der Waals surface area (Å²) in [6, 6.07) is 0. The Bertz CT molecular complexity index is 1340. The number of carboxylic acid groups (broad SMARTS) is 1. The minimum Gasteiger partial charge on any atom is -0.481 e. The van der Waals surface area contributed by atoms with Crippen molar-refractivity contribution in [3.8, 4) is 0 Å². The number of alkyl carbamates (subject to hydrolysis) is 1. The van der Waals surface area contributed by atoms with E-state index in [0.29, 0.717) is 36.1 Å². The summed E-state index contributed by atoms with van der Waals surface area (Å²) in [6.07, 6.45) is 12.3. The largest absolute Gasteiger partial charge is 0.481 e.